The molecule has 0 spiro atoms. The second-order valence-corrected chi connectivity index (χ2v) is 9.57. The van der Waals surface area contributed by atoms with E-state index in [1.807, 2.05) is 10.9 Å². The summed E-state index contributed by atoms with van der Waals surface area (Å²) in [6.07, 6.45) is 5.77. The summed E-state index contributed by atoms with van der Waals surface area (Å²) in [6.45, 7) is 2.82. The van der Waals surface area contributed by atoms with Gasteiger partial charge in [0, 0.05) is 59.5 Å². The number of pyridine rings is 1. The van der Waals surface area contributed by atoms with Gasteiger partial charge in [-0.3, -0.25) is 4.68 Å². The molecule has 1 aliphatic carbocycles. The Morgan fingerprint density at radius 2 is 2.12 bits per heavy atom. The predicted molar refractivity (Wildman–Crippen MR) is 124 cm³/mol. The summed E-state index contributed by atoms with van der Waals surface area (Å²) >= 11 is 12.3. The summed E-state index contributed by atoms with van der Waals surface area (Å²) in [5, 5.41) is 7.82. The van der Waals surface area contributed by atoms with Crippen molar-refractivity contribution in [2.45, 2.75) is 37.6 Å². The number of nitrogens with zero attached hydrogens (tertiary/aromatic N) is 3. The zero-order valence-electron chi connectivity index (χ0n) is 17.9. The maximum atomic E-state index is 15.0. The third-order valence-corrected chi connectivity index (χ3v) is 7.37. The lowest BCUT2D eigenvalue weighted by molar-refractivity contribution is 0.154. The van der Waals surface area contributed by atoms with Gasteiger partial charge in [-0.25, -0.2) is 13.8 Å². The van der Waals surface area contributed by atoms with Crippen molar-refractivity contribution in [3.8, 4) is 16.9 Å². The van der Waals surface area contributed by atoms with E-state index in [0.717, 1.165) is 17.5 Å². The number of alkyl halides is 1. The van der Waals surface area contributed by atoms with Crippen molar-refractivity contribution in [3.05, 3.63) is 58.2 Å². The molecule has 1 aromatic carbocycles. The van der Waals surface area contributed by atoms with Crippen LogP contribution in [-0.2, 0) is 0 Å². The summed E-state index contributed by atoms with van der Waals surface area (Å²) in [6, 6.07) is 4.39. The lowest BCUT2D eigenvalue weighted by Gasteiger charge is -2.19. The highest BCUT2D eigenvalue weighted by Gasteiger charge is 2.51. The lowest BCUT2D eigenvalue weighted by Crippen LogP contribution is -2.28. The third kappa shape index (κ3) is 4.05. The second-order valence-electron chi connectivity index (χ2n) is 8.79. The maximum Gasteiger partial charge on any atom is 0.166 e. The van der Waals surface area contributed by atoms with Crippen molar-refractivity contribution in [1.29, 1.82) is 0 Å². The Morgan fingerprint density at radius 1 is 1.30 bits per heavy atom. The van der Waals surface area contributed by atoms with E-state index in [4.69, 9.17) is 33.7 Å². The number of benzene rings is 1. The van der Waals surface area contributed by atoms with Gasteiger partial charge >= 0.3 is 0 Å². The van der Waals surface area contributed by atoms with Crippen molar-refractivity contribution in [3.63, 3.8) is 0 Å². The van der Waals surface area contributed by atoms with E-state index in [1.54, 1.807) is 25.4 Å². The van der Waals surface area contributed by atoms with Gasteiger partial charge < -0.3 is 15.8 Å². The van der Waals surface area contributed by atoms with E-state index in [1.165, 1.54) is 12.1 Å². The Kier molecular flexibility index (Phi) is 5.71. The highest BCUT2D eigenvalue weighted by molar-refractivity contribution is 6.36. The van der Waals surface area contributed by atoms with Gasteiger partial charge in [-0.15, -0.1) is 0 Å². The molecular formula is C23H23Cl2F2N5O. The zero-order valence-corrected chi connectivity index (χ0v) is 19.4. The summed E-state index contributed by atoms with van der Waals surface area (Å²) in [5.41, 5.74) is 6.75. The molecule has 10 heteroatoms. The number of nitrogens with two attached hydrogens (primary N) is 1. The van der Waals surface area contributed by atoms with Crippen LogP contribution in [0.5, 0.6) is 5.75 Å². The van der Waals surface area contributed by atoms with Crippen molar-refractivity contribution in [2.24, 2.45) is 5.92 Å². The van der Waals surface area contributed by atoms with Crippen LogP contribution in [0.3, 0.4) is 0 Å². The van der Waals surface area contributed by atoms with E-state index in [0.29, 0.717) is 35.8 Å². The molecular weight excluding hydrogens is 471 g/mol. The van der Waals surface area contributed by atoms with Crippen LogP contribution in [0.15, 0.2) is 36.8 Å². The Morgan fingerprint density at radius 3 is 2.91 bits per heavy atom. The molecule has 4 atom stereocenters. The quantitative estimate of drug-likeness (QED) is 0.466. The van der Waals surface area contributed by atoms with Crippen molar-refractivity contribution < 1.29 is 13.5 Å². The molecule has 6 nitrogen and oxygen atoms in total. The number of hydrogen-bond donors (Lipinski definition) is 2. The van der Waals surface area contributed by atoms with Gasteiger partial charge in [0.1, 0.15) is 17.6 Å². The normalized spacial score (nSPS) is 25.2. The van der Waals surface area contributed by atoms with Gasteiger partial charge in [0.15, 0.2) is 11.6 Å². The zero-order chi connectivity index (χ0) is 23.3. The molecule has 2 aliphatic rings. The lowest BCUT2D eigenvalue weighted by atomic mass is 9.97. The number of halogens is 4. The molecule has 0 amide bonds. The maximum absolute atomic E-state index is 15.0. The minimum absolute atomic E-state index is 0.0191. The van der Waals surface area contributed by atoms with Crippen molar-refractivity contribution >= 4 is 29.0 Å². The number of fused-ring (bicyclic) bond motifs is 1. The van der Waals surface area contributed by atoms with Gasteiger partial charge in [0.05, 0.1) is 17.3 Å². The molecule has 4 unspecified atom stereocenters. The molecule has 33 heavy (non-hydrogen) atoms. The van der Waals surface area contributed by atoms with Crippen LogP contribution in [0.2, 0.25) is 10.0 Å². The van der Waals surface area contributed by atoms with E-state index in [-0.39, 0.29) is 22.8 Å². The second kappa shape index (κ2) is 8.42. The number of aromatic nitrogens is 3. The van der Waals surface area contributed by atoms with Crippen molar-refractivity contribution in [1.82, 2.24) is 20.1 Å². The largest absolute Gasteiger partial charge is 0.482 e. The Bertz CT molecular complexity index is 1210. The van der Waals surface area contributed by atoms with Gasteiger partial charge in [-0.2, -0.15) is 5.10 Å². The summed E-state index contributed by atoms with van der Waals surface area (Å²) < 4.78 is 36.8. The average Bonchev–Trinajstić information content (AvgIpc) is 3.46. The predicted octanol–water partition coefficient (Wildman–Crippen LogP) is 5.38. The summed E-state index contributed by atoms with van der Waals surface area (Å²) in [7, 11) is 0. The number of anilines is 1. The first-order valence-electron chi connectivity index (χ1n) is 10.7. The molecule has 1 saturated carbocycles. The fourth-order valence-corrected chi connectivity index (χ4v) is 5.56. The number of nitrogens with one attached hydrogen (secondary N) is 1. The molecule has 174 valence electrons. The topological polar surface area (TPSA) is 78.0 Å². The number of ether oxygens (including phenoxy) is 1. The van der Waals surface area contributed by atoms with Crippen LogP contribution in [0.4, 0.5) is 14.6 Å². The molecule has 2 aromatic heterocycles. The monoisotopic (exact) mass is 493 g/mol. The van der Waals surface area contributed by atoms with E-state index in [9.17, 15) is 4.39 Å². The van der Waals surface area contributed by atoms with E-state index >= 15 is 4.39 Å². The van der Waals surface area contributed by atoms with E-state index < -0.39 is 17.6 Å². The number of hydrogen-bond acceptors (Lipinski definition) is 5. The average molecular weight is 494 g/mol. The van der Waals surface area contributed by atoms with Crippen LogP contribution < -0.4 is 15.8 Å². The molecule has 3 N–H and O–H groups in total. The first-order chi connectivity index (χ1) is 15.7. The van der Waals surface area contributed by atoms with Crippen LogP contribution in [0.1, 0.15) is 37.5 Å². The number of rotatable bonds is 5. The van der Waals surface area contributed by atoms with Crippen molar-refractivity contribution in [2.75, 3.05) is 18.8 Å². The molecule has 1 saturated heterocycles. The molecule has 2 fully saturated rings. The van der Waals surface area contributed by atoms with Crippen LogP contribution >= 0.6 is 23.2 Å². The van der Waals surface area contributed by atoms with Gasteiger partial charge in [0.2, 0.25) is 0 Å². The van der Waals surface area contributed by atoms with Crippen LogP contribution in [0, 0.1) is 11.7 Å². The smallest absolute Gasteiger partial charge is 0.166 e. The Labute approximate surface area is 200 Å². The van der Waals surface area contributed by atoms with Gasteiger partial charge in [0.25, 0.3) is 0 Å². The van der Waals surface area contributed by atoms with E-state index in [2.05, 4.69) is 15.4 Å². The summed E-state index contributed by atoms with van der Waals surface area (Å²) in [4.78, 5) is 4.24. The fourth-order valence-electron chi connectivity index (χ4n) is 4.88. The molecule has 0 radical (unpaired) electrons. The first kappa shape index (κ1) is 22.4. The Balaban J connectivity index is 1.37. The van der Waals surface area contributed by atoms with Crippen LogP contribution in [-0.4, -0.2) is 33.5 Å². The SMILES string of the molecule is CC(Oc1cc(-c2cnn(C3CC4CNCC4(F)C3)c2)cnc1N)c1c(Cl)ccc(F)c1Cl. The minimum Gasteiger partial charge on any atom is -0.482 e. The van der Waals surface area contributed by atoms with Gasteiger partial charge in [-0.05, 0) is 31.5 Å². The highest BCUT2D eigenvalue weighted by Crippen LogP contribution is 2.47. The first-order valence-corrected chi connectivity index (χ1v) is 11.5. The molecule has 5 rings (SSSR count). The molecule has 0 bridgehead atoms. The molecule has 3 aromatic rings. The fraction of sp³-hybridized carbons (Fsp3) is 0.391. The standard InChI is InChI=1S/C23H23Cl2F2N5O/c1-12(20-17(24)2-3-18(26)21(20)25)33-19-4-13(7-30-22(19)28)14-8-31-32(10-14)16-5-15-9-29-11-23(15,27)6-16/h2-4,7-8,10,12,15-16,29H,5-6,9,11H2,1H3,(H2,28,30). The minimum atomic E-state index is -1.16. The van der Waals surface area contributed by atoms with Crippen LogP contribution in [0.25, 0.3) is 11.1 Å². The van der Waals surface area contributed by atoms with Gasteiger partial charge in [-0.1, -0.05) is 23.2 Å². The highest BCUT2D eigenvalue weighted by atomic mass is 35.5. The number of nitrogen functional groups attached to an aromatic ring is 1. The summed E-state index contributed by atoms with van der Waals surface area (Å²) in [5.74, 6) is -0.0672. The molecule has 3 heterocycles. The Hall–Kier alpha value is -2.42. The third-order valence-electron chi connectivity index (χ3n) is 6.65. The molecule has 1 aliphatic heterocycles.